The maximum absolute atomic E-state index is 4.84. The Balaban J connectivity index is 1.82. The van der Waals surface area contributed by atoms with E-state index in [1.165, 1.54) is 32.1 Å². The molecule has 4 rings (SSSR count). The van der Waals surface area contributed by atoms with Crippen LogP contribution in [0.2, 0.25) is 0 Å². The van der Waals surface area contributed by atoms with E-state index in [-0.39, 0.29) is 0 Å². The zero-order valence-corrected chi connectivity index (χ0v) is 14.5. The number of nitrogens with zero attached hydrogens (tertiary/aromatic N) is 3. The lowest BCUT2D eigenvalue weighted by molar-refractivity contribution is 0.462. The third kappa shape index (κ3) is 2.98. The Morgan fingerprint density at radius 2 is 1.83 bits per heavy atom. The normalized spacial score (nSPS) is 15.9. The van der Waals surface area contributed by atoms with Gasteiger partial charge in [-0.1, -0.05) is 19.3 Å². The van der Waals surface area contributed by atoms with Crippen LogP contribution in [-0.4, -0.2) is 20.4 Å². The van der Waals surface area contributed by atoms with Gasteiger partial charge in [0.1, 0.15) is 17.2 Å². The van der Waals surface area contributed by atoms with E-state index in [1.807, 2.05) is 36.7 Å². The first-order valence-electron chi connectivity index (χ1n) is 8.16. The molecular weight excluding hydrogens is 352 g/mol. The third-order valence-corrected chi connectivity index (χ3v) is 4.95. The molecule has 0 amide bonds. The summed E-state index contributed by atoms with van der Waals surface area (Å²) in [6.07, 6.45) is 12.2. The summed E-state index contributed by atoms with van der Waals surface area (Å²) < 4.78 is 3.20. The van der Waals surface area contributed by atoms with Crippen molar-refractivity contribution in [2.24, 2.45) is 0 Å². The molecule has 0 spiro atoms. The van der Waals surface area contributed by atoms with Gasteiger partial charge in [0, 0.05) is 34.7 Å². The van der Waals surface area contributed by atoms with E-state index in [0.29, 0.717) is 6.04 Å². The number of hydrogen-bond donors (Lipinski definition) is 1. The van der Waals surface area contributed by atoms with Crippen LogP contribution in [0.3, 0.4) is 0 Å². The largest absolute Gasteiger partial charge is 0.367 e. The van der Waals surface area contributed by atoms with Gasteiger partial charge in [0.2, 0.25) is 0 Å². The lowest BCUT2D eigenvalue weighted by atomic mass is 9.95. The molecule has 23 heavy (non-hydrogen) atoms. The van der Waals surface area contributed by atoms with E-state index >= 15 is 0 Å². The first kappa shape index (κ1) is 14.7. The Hall–Kier alpha value is -1.88. The Morgan fingerprint density at radius 3 is 2.61 bits per heavy atom. The average molecular weight is 371 g/mol. The number of fused-ring (bicyclic) bond motifs is 1. The van der Waals surface area contributed by atoms with E-state index < -0.39 is 0 Å². The van der Waals surface area contributed by atoms with Crippen molar-refractivity contribution in [1.82, 2.24) is 14.4 Å². The van der Waals surface area contributed by atoms with E-state index in [9.17, 15) is 0 Å². The number of aromatic nitrogens is 3. The Labute approximate surface area is 144 Å². The molecular formula is C18H19BrN4. The third-order valence-electron chi connectivity index (χ3n) is 4.48. The first-order valence-corrected chi connectivity index (χ1v) is 8.95. The van der Waals surface area contributed by atoms with Crippen molar-refractivity contribution >= 4 is 27.4 Å². The predicted octanol–water partition coefficient (Wildman–Crippen LogP) is 4.90. The molecule has 1 aliphatic rings. The van der Waals surface area contributed by atoms with E-state index in [1.54, 1.807) is 0 Å². The first-order chi connectivity index (χ1) is 11.3. The summed E-state index contributed by atoms with van der Waals surface area (Å²) in [5.41, 5.74) is 3.05. The summed E-state index contributed by atoms with van der Waals surface area (Å²) in [5.74, 6) is 1.08. The number of halogens is 1. The molecule has 4 nitrogen and oxygen atoms in total. The van der Waals surface area contributed by atoms with Gasteiger partial charge < -0.3 is 5.32 Å². The Kier molecular flexibility index (Phi) is 4.04. The summed E-state index contributed by atoms with van der Waals surface area (Å²) in [6, 6.07) is 8.64. The zero-order valence-electron chi connectivity index (χ0n) is 12.9. The van der Waals surface area contributed by atoms with Crippen LogP contribution in [0.1, 0.15) is 32.1 Å². The van der Waals surface area contributed by atoms with Crippen molar-refractivity contribution in [2.45, 2.75) is 38.1 Å². The van der Waals surface area contributed by atoms with E-state index in [2.05, 4.69) is 36.8 Å². The van der Waals surface area contributed by atoms with Crippen molar-refractivity contribution in [3.8, 4) is 11.3 Å². The second-order valence-corrected chi connectivity index (χ2v) is 7.02. The molecule has 0 saturated heterocycles. The quantitative estimate of drug-likeness (QED) is 0.712. The lowest BCUT2D eigenvalue weighted by Gasteiger charge is -2.24. The van der Waals surface area contributed by atoms with Crippen LogP contribution in [0.4, 0.5) is 5.82 Å². The molecule has 1 saturated carbocycles. The monoisotopic (exact) mass is 370 g/mol. The number of pyridine rings is 2. The second-order valence-electron chi connectivity index (χ2n) is 6.10. The molecule has 0 atom stereocenters. The fourth-order valence-corrected chi connectivity index (χ4v) is 3.64. The van der Waals surface area contributed by atoms with Crippen molar-refractivity contribution in [2.75, 3.05) is 5.32 Å². The van der Waals surface area contributed by atoms with E-state index in [4.69, 9.17) is 4.98 Å². The van der Waals surface area contributed by atoms with Crippen molar-refractivity contribution in [1.29, 1.82) is 0 Å². The molecule has 0 radical (unpaired) electrons. The van der Waals surface area contributed by atoms with Crippen LogP contribution in [0.15, 0.2) is 47.3 Å². The van der Waals surface area contributed by atoms with Crippen LogP contribution in [0.25, 0.3) is 16.9 Å². The van der Waals surface area contributed by atoms with Crippen LogP contribution >= 0.6 is 15.9 Å². The maximum atomic E-state index is 4.84. The SMILES string of the molecule is Brc1ccc2nc(-c3ccncc3)c(NC3CCCCC3)n2c1. The minimum Gasteiger partial charge on any atom is -0.367 e. The van der Waals surface area contributed by atoms with Crippen molar-refractivity contribution in [3.63, 3.8) is 0 Å². The predicted molar refractivity (Wildman–Crippen MR) is 96.6 cm³/mol. The maximum Gasteiger partial charge on any atom is 0.139 e. The van der Waals surface area contributed by atoms with Gasteiger partial charge in [-0.25, -0.2) is 4.98 Å². The highest BCUT2D eigenvalue weighted by molar-refractivity contribution is 9.10. The van der Waals surface area contributed by atoms with Gasteiger partial charge in [-0.2, -0.15) is 0 Å². The molecule has 1 N–H and O–H groups in total. The molecule has 0 aliphatic heterocycles. The molecule has 1 fully saturated rings. The smallest absolute Gasteiger partial charge is 0.139 e. The van der Waals surface area contributed by atoms with Crippen molar-refractivity contribution in [3.05, 3.63) is 47.3 Å². The van der Waals surface area contributed by atoms with Gasteiger partial charge in [0.25, 0.3) is 0 Å². The van der Waals surface area contributed by atoms with Crippen molar-refractivity contribution < 1.29 is 0 Å². The van der Waals surface area contributed by atoms with Gasteiger partial charge in [-0.05, 0) is 53.0 Å². The molecule has 0 bridgehead atoms. The van der Waals surface area contributed by atoms with E-state index in [0.717, 1.165) is 27.2 Å². The highest BCUT2D eigenvalue weighted by Crippen LogP contribution is 2.31. The summed E-state index contributed by atoms with van der Waals surface area (Å²) in [7, 11) is 0. The highest BCUT2D eigenvalue weighted by Gasteiger charge is 2.19. The molecule has 5 heteroatoms. The molecule has 3 heterocycles. The van der Waals surface area contributed by atoms with Gasteiger partial charge in [0.05, 0.1) is 0 Å². The van der Waals surface area contributed by atoms with Gasteiger partial charge in [-0.3, -0.25) is 9.38 Å². The Morgan fingerprint density at radius 1 is 1.04 bits per heavy atom. The Bertz CT molecular complexity index is 807. The van der Waals surface area contributed by atoms with Gasteiger partial charge in [0.15, 0.2) is 0 Å². The minimum absolute atomic E-state index is 0.531. The standard InChI is InChI=1S/C18H19BrN4/c19-14-6-7-16-22-17(13-8-10-20-11-9-13)18(23(16)12-14)21-15-4-2-1-3-5-15/h6-12,15,21H,1-5H2. The van der Waals surface area contributed by atoms with Gasteiger partial charge >= 0.3 is 0 Å². The van der Waals surface area contributed by atoms with Crippen LogP contribution in [0.5, 0.6) is 0 Å². The molecule has 3 aromatic rings. The second kappa shape index (κ2) is 6.32. The number of imidazole rings is 1. The molecule has 118 valence electrons. The fraction of sp³-hybridized carbons (Fsp3) is 0.333. The summed E-state index contributed by atoms with van der Waals surface area (Å²) in [4.78, 5) is 8.96. The summed E-state index contributed by atoms with van der Waals surface area (Å²) in [5, 5.41) is 3.76. The minimum atomic E-state index is 0.531. The summed E-state index contributed by atoms with van der Waals surface area (Å²) in [6.45, 7) is 0. The van der Waals surface area contributed by atoms with Gasteiger partial charge in [-0.15, -0.1) is 0 Å². The van der Waals surface area contributed by atoms with Crippen LogP contribution in [-0.2, 0) is 0 Å². The van der Waals surface area contributed by atoms with Crippen LogP contribution < -0.4 is 5.32 Å². The molecule has 0 unspecified atom stereocenters. The van der Waals surface area contributed by atoms with Crippen LogP contribution in [0, 0.1) is 0 Å². The fourth-order valence-electron chi connectivity index (χ4n) is 3.31. The number of hydrogen-bond acceptors (Lipinski definition) is 3. The topological polar surface area (TPSA) is 42.2 Å². The number of nitrogens with one attached hydrogen (secondary N) is 1. The molecule has 1 aliphatic carbocycles. The molecule has 3 aromatic heterocycles. The number of anilines is 1. The zero-order chi connectivity index (χ0) is 15.6. The lowest BCUT2D eigenvalue weighted by Crippen LogP contribution is -2.23. The summed E-state index contributed by atoms with van der Waals surface area (Å²) >= 11 is 3.57. The highest BCUT2D eigenvalue weighted by atomic mass is 79.9. The number of rotatable bonds is 3. The molecule has 0 aromatic carbocycles. The average Bonchev–Trinajstić information content (AvgIpc) is 2.95.